The highest BCUT2D eigenvalue weighted by atomic mass is 16.4. The largest absolute Gasteiger partial charge is 0.478 e. The van der Waals surface area contributed by atoms with Crippen molar-refractivity contribution >= 4 is 5.97 Å². The van der Waals surface area contributed by atoms with Crippen molar-refractivity contribution in [3.05, 3.63) is 29.7 Å². The fraction of sp³-hybridized carbons (Fsp3) is 0.333. The van der Waals surface area contributed by atoms with Gasteiger partial charge in [-0.25, -0.2) is 4.79 Å². The quantitative estimate of drug-likeness (QED) is 0.683. The molecule has 76 valence electrons. The molecule has 0 radical (unpaired) electrons. The number of aromatic nitrogens is 2. The second-order valence-corrected chi connectivity index (χ2v) is 2.97. The smallest absolute Gasteiger partial charge is 0.329 e. The molecule has 1 heterocycles. The Labute approximate surface area is 82.0 Å². The maximum absolute atomic E-state index is 10.1. The first-order chi connectivity index (χ1) is 6.59. The van der Waals surface area contributed by atoms with Crippen molar-refractivity contribution in [2.24, 2.45) is 7.05 Å². The van der Waals surface area contributed by atoms with E-state index in [1.807, 2.05) is 20.2 Å². The highest BCUT2D eigenvalue weighted by Gasteiger charge is 2.00. The van der Waals surface area contributed by atoms with Gasteiger partial charge < -0.3 is 10.4 Å². The number of carbonyl (C=O) groups is 1. The van der Waals surface area contributed by atoms with Gasteiger partial charge in [-0.3, -0.25) is 4.68 Å². The van der Waals surface area contributed by atoms with Crippen LogP contribution in [-0.4, -0.2) is 20.9 Å². The molecule has 0 spiro atoms. The number of carboxylic acids is 1. The van der Waals surface area contributed by atoms with Gasteiger partial charge in [-0.05, 0) is 6.92 Å². The van der Waals surface area contributed by atoms with Crippen LogP contribution in [0, 0.1) is 6.92 Å². The summed E-state index contributed by atoms with van der Waals surface area (Å²) >= 11 is 0. The van der Waals surface area contributed by atoms with E-state index in [9.17, 15) is 4.79 Å². The summed E-state index contributed by atoms with van der Waals surface area (Å²) in [6.07, 6.45) is 4.37. The topological polar surface area (TPSA) is 67.2 Å². The van der Waals surface area contributed by atoms with Crippen molar-refractivity contribution in [2.75, 3.05) is 0 Å². The summed E-state index contributed by atoms with van der Waals surface area (Å²) in [6, 6.07) is 0. The molecule has 5 nitrogen and oxygen atoms in total. The minimum Gasteiger partial charge on any atom is -0.478 e. The van der Waals surface area contributed by atoms with Crippen molar-refractivity contribution in [1.82, 2.24) is 15.1 Å². The maximum Gasteiger partial charge on any atom is 0.329 e. The monoisotopic (exact) mass is 195 g/mol. The number of nitrogens with zero attached hydrogens (tertiary/aromatic N) is 2. The lowest BCUT2D eigenvalue weighted by Gasteiger charge is -1.97. The number of hydrogen-bond acceptors (Lipinski definition) is 3. The number of aliphatic carboxylic acids is 1. The number of aryl methyl sites for hydroxylation is 2. The Bertz CT molecular complexity index is 355. The standard InChI is InChI=1S/C9H13N3O2/c1-7-8(6-12(2)11-7)5-10-4-3-9(13)14/h3-4,6,10H,5H2,1-2H3,(H,13,14)/b4-3+. The predicted molar refractivity (Wildman–Crippen MR) is 51.6 cm³/mol. The first-order valence-corrected chi connectivity index (χ1v) is 4.21. The molecular weight excluding hydrogens is 182 g/mol. The average Bonchev–Trinajstić information content (AvgIpc) is 2.39. The van der Waals surface area contributed by atoms with Gasteiger partial charge in [-0.2, -0.15) is 5.10 Å². The molecule has 5 heteroatoms. The Morgan fingerprint density at radius 2 is 2.50 bits per heavy atom. The normalized spacial score (nSPS) is 10.7. The number of rotatable bonds is 4. The first kappa shape index (κ1) is 10.3. The number of nitrogens with one attached hydrogen (secondary N) is 1. The Morgan fingerprint density at radius 3 is 3.00 bits per heavy atom. The fourth-order valence-electron chi connectivity index (χ4n) is 1.12. The number of hydrogen-bond donors (Lipinski definition) is 2. The van der Waals surface area contributed by atoms with E-state index in [2.05, 4.69) is 10.4 Å². The molecule has 0 atom stereocenters. The van der Waals surface area contributed by atoms with Crippen molar-refractivity contribution in [1.29, 1.82) is 0 Å². The summed E-state index contributed by atoms with van der Waals surface area (Å²) in [6.45, 7) is 2.50. The van der Waals surface area contributed by atoms with Crippen LogP contribution in [0.1, 0.15) is 11.3 Å². The Kier molecular flexibility index (Phi) is 3.28. The van der Waals surface area contributed by atoms with Crippen LogP contribution in [0.15, 0.2) is 18.5 Å². The lowest BCUT2D eigenvalue weighted by atomic mass is 10.3. The summed E-state index contributed by atoms with van der Waals surface area (Å²) < 4.78 is 1.73. The van der Waals surface area contributed by atoms with Gasteiger partial charge in [0.15, 0.2) is 0 Å². The lowest BCUT2D eigenvalue weighted by Crippen LogP contribution is -2.05. The van der Waals surface area contributed by atoms with Crippen LogP contribution in [0.3, 0.4) is 0 Å². The van der Waals surface area contributed by atoms with E-state index in [1.54, 1.807) is 4.68 Å². The lowest BCUT2D eigenvalue weighted by molar-refractivity contribution is -0.131. The Balaban J connectivity index is 2.46. The molecule has 1 aromatic heterocycles. The minimum atomic E-state index is -0.958. The molecule has 0 aliphatic carbocycles. The summed E-state index contributed by atoms with van der Waals surface area (Å²) in [5.41, 5.74) is 2.01. The van der Waals surface area contributed by atoms with Crippen LogP contribution in [0.2, 0.25) is 0 Å². The van der Waals surface area contributed by atoms with Gasteiger partial charge >= 0.3 is 5.97 Å². The molecule has 0 aromatic carbocycles. The molecule has 0 saturated carbocycles. The Hall–Kier alpha value is -1.78. The second kappa shape index (κ2) is 4.45. The summed E-state index contributed by atoms with van der Waals surface area (Å²) in [5.74, 6) is -0.958. The predicted octanol–water partition coefficient (Wildman–Crippen LogP) is 0.416. The molecule has 0 saturated heterocycles. The third-order valence-corrected chi connectivity index (χ3v) is 1.75. The molecule has 14 heavy (non-hydrogen) atoms. The van der Waals surface area contributed by atoms with E-state index in [1.165, 1.54) is 6.20 Å². The molecule has 1 aromatic rings. The highest BCUT2D eigenvalue weighted by Crippen LogP contribution is 2.03. The third kappa shape index (κ3) is 2.93. The van der Waals surface area contributed by atoms with Crippen LogP contribution >= 0.6 is 0 Å². The van der Waals surface area contributed by atoms with Crippen LogP contribution in [-0.2, 0) is 18.4 Å². The van der Waals surface area contributed by atoms with Crippen molar-refractivity contribution < 1.29 is 9.90 Å². The first-order valence-electron chi connectivity index (χ1n) is 4.21. The van der Waals surface area contributed by atoms with E-state index in [4.69, 9.17) is 5.11 Å². The molecule has 0 unspecified atom stereocenters. The minimum absolute atomic E-state index is 0.587. The zero-order chi connectivity index (χ0) is 10.6. The van der Waals surface area contributed by atoms with Gasteiger partial charge in [0.05, 0.1) is 5.69 Å². The molecule has 0 aliphatic rings. The molecule has 2 N–H and O–H groups in total. The molecule has 0 bridgehead atoms. The van der Waals surface area contributed by atoms with Crippen LogP contribution in [0.4, 0.5) is 0 Å². The SMILES string of the molecule is Cc1nn(C)cc1CN/C=C/C(=O)O. The van der Waals surface area contributed by atoms with Gasteiger partial charge in [0.1, 0.15) is 0 Å². The average molecular weight is 195 g/mol. The zero-order valence-electron chi connectivity index (χ0n) is 8.19. The number of carboxylic acid groups (broad SMARTS) is 1. The van der Waals surface area contributed by atoms with E-state index in [-0.39, 0.29) is 0 Å². The van der Waals surface area contributed by atoms with Gasteiger partial charge in [0.2, 0.25) is 0 Å². The zero-order valence-corrected chi connectivity index (χ0v) is 8.19. The molecule has 0 amide bonds. The summed E-state index contributed by atoms with van der Waals surface area (Å²) in [5, 5.41) is 15.4. The van der Waals surface area contributed by atoms with Crippen molar-refractivity contribution in [3.63, 3.8) is 0 Å². The van der Waals surface area contributed by atoms with Gasteiger partial charge in [0.25, 0.3) is 0 Å². The van der Waals surface area contributed by atoms with Gasteiger partial charge in [-0.1, -0.05) is 0 Å². The van der Waals surface area contributed by atoms with E-state index in [0.29, 0.717) is 6.54 Å². The summed E-state index contributed by atoms with van der Waals surface area (Å²) in [7, 11) is 1.85. The fourth-order valence-corrected chi connectivity index (χ4v) is 1.12. The van der Waals surface area contributed by atoms with Crippen molar-refractivity contribution in [3.8, 4) is 0 Å². The third-order valence-electron chi connectivity index (χ3n) is 1.75. The van der Waals surface area contributed by atoms with Gasteiger partial charge in [0, 0.05) is 37.6 Å². The van der Waals surface area contributed by atoms with E-state index >= 15 is 0 Å². The highest BCUT2D eigenvalue weighted by molar-refractivity contribution is 5.79. The van der Waals surface area contributed by atoms with Crippen LogP contribution in [0.25, 0.3) is 0 Å². The van der Waals surface area contributed by atoms with E-state index in [0.717, 1.165) is 17.3 Å². The van der Waals surface area contributed by atoms with E-state index < -0.39 is 5.97 Å². The molecule has 0 aliphatic heterocycles. The molecule has 1 rings (SSSR count). The van der Waals surface area contributed by atoms with Crippen molar-refractivity contribution in [2.45, 2.75) is 13.5 Å². The van der Waals surface area contributed by atoms with Crippen LogP contribution in [0.5, 0.6) is 0 Å². The van der Waals surface area contributed by atoms with Gasteiger partial charge in [-0.15, -0.1) is 0 Å². The maximum atomic E-state index is 10.1. The summed E-state index contributed by atoms with van der Waals surface area (Å²) in [4.78, 5) is 10.1. The molecular formula is C9H13N3O2. The van der Waals surface area contributed by atoms with Crippen LogP contribution < -0.4 is 5.32 Å². The second-order valence-electron chi connectivity index (χ2n) is 2.97. The molecule has 0 fully saturated rings. The Morgan fingerprint density at radius 1 is 1.79 bits per heavy atom.